The molecule has 0 amide bonds. The lowest BCUT2D eigenvalue weighted by molar-refractivity contribution is 0.757. The van der Waals surface area contributed by atoms with Gasteiger partial charge in [0.1, 0.15) is 11.6 Å². The number of fused-ring (bicyclic) bond motifs is 1. The molecule has 0 radical (unpaired) electrons. The summed E-state index contributed by atoms with van der Waals surface area (Å²) < 4.78 is 0. The van der Waals surface area contributed by atoms with Gasteiger partial charge in [-0.15, -0.1) is 12.4 Å². The highest BCUT2D eigenvalue weighted by Crippen LogP contribution is 2.28. The van der Waals surface area contributed by atoms with Gasteiger partial charge in [-0.1, -0.05) is 0 Å². The maximum atomic E-state index is 4.46. The predicted molar refractivity (Wildman–Crippen MR) is 61.2 cm³/mol. The molecule has 1 aliphatic heterocycles. The quantitative estimate of drug-likeness (QED) is 0.800. The molecule has 5 heteroatoms. The van der Waals surface area contributed by atoms with Crippen molar-refractivity contribution >= 4 is 18.2 Å². The largest absolute Gasteiger partial charge is 0.367 e. The zero-order valence-corrected chi connectivity index (χ0v) is 9.52. The molecule has 82 valence electrons. The Morgan fingerprint density at radius 2 is 2.07 bits per heavy atom. The van der Waals surface area contributed by atoms with E-state index in [1.54, 1.807) is 0 Å². The number of rotatable bonds is 2. The summed E-state index contributed by atoms with van der Waals surface area (Å²) in [6.45, 7) is 3.75. The minimum absolute atomic E-state index is 0. The summed E-state index contributed by atoms with van der Waals surface area (Å²) in [7, 11) is 0. The van der Waals surface area contributed by atoms with Crippen molar-refractivity contribution in [1.29, 1.82) is 0 Å². The van der Waals surface area contributed by atoms with Crippen LogP contribution in [0.2, 0.25) is 0 Å². The van der Waals surface area contributed by atoms with Crippen LogP contribution in [0.5, 0.6) is 0 Å². The third-order valence-corrected chi connectivity index (χ3v) is 2.72. The highest BCUT2D eigenvalue weighted by molar-refractivity contribution is 5.85. The first-order valence-electron chi connectivity index (χ1n) is 5.16. The van der Waals surface area contributed by atoms with Crippen molar-refractivity contribution in [2.45, 2.75) is 38.9 Å². The van der Waals surface area contributed by atoms with Crippen molar-refractivity contribution in [3.05, 3.63) is 17.1 Å². The van der Waals surface area contributed by atoms with Crippen LogP contribution in [-0.2, 0) is 13.1 Å². The zero-order valence-electron chi connectivity index (χ0n) is 8.71. The summed E-state index contributed by atoms with van der Waals surface area (Å²) in [5.74, 6) is 1.93. The smallest absolute Gasteiger partial charge is 0.134 e. The molecular formula is C10H15ClN4. The lowest BCUT2D eigenvalue weighted by Gasteiger charge is -2.09. The molecule has 15 heavy (non-hydrogen) atoms. The van der Waals surface area contributed by atoms with Crippen LogP contribution >= 0.6 is 12.4 Å². The number of nitrogens with one attached hydrogen (secondary N) is 2. The van der Waals surface area contributed by atoms with Crippen molar-refractivity contribution in [2.24, 2.45) is 0 Å². The zero-order chi connectivity index (χ0) is 9.54. The van der Waals surface area contributed by atoms with Crippen LogP contribution in [0.15, 0.2) is 0 Å². The van der Waals surface area contributed by atoms with E-state index in [0.29, 0.717) is 6.04 Å². The Morgan fingerprint density at radius 1 is 1.27 bits per heavy atom. The molecule has 0 bridgehead atoms. The number of anilines is 1. The molecular weight excluding hydrogens is 212 g/mol. The first-order chi connectivity index (χ1) is 6.83. The normalized spacial score (nSPS) is 18.2. The highest BCUT2D eigenvalue weighted by atomic mass is 35.5. The average Bonchev–Trinajstić information content (AvgIpc) is 2.81. The van der Waals surface area contributed by atoms with E-state index in [1.165, 1.54) is 24.1 Å². The van der Waals surface area contributed by atoms with E-state index < -0.39 is 0 Å². The third kappa shape index (κ3) is 2.06. The number of halogens is 1. The van der Waals surface area contributed by atoms with Crippen molar-refractivity contribution in [3.8, 4) is 0 Å². The van der Waals surface area contributed by atoms with Gasteiger partial charge in [-0.05, 0) is 19.8 Å². The second-order valence-corrected chi connectivity index (χ2v) is 4.07. The summed E-state index contributed by atoms with van der Waals surface area (Å²) in [4.78, 5) is 8.89. The Bertz CT molecular complexity index is 376. The van der Waals surface area contributed by atoms with Crippen molar-refractivity contribution in [2.75, 3.05) is 5.32 Å². The SMILES string of the molecule is Cc1nc2c(c(NC3CC3)n1)CNC2.Cl. The highest BCUT2D eigenvalue weighted by Gasteiger charge is 2.25. The number of hydrogen-bond acceptors (Lipinski definition) is 4. The van der Waals surface area contributed by atoms with Crippen molar-refractivity contribution < 1.29 is 0 Å². The van der Waals surface area contributed by atoms with Gasteiger partial charge in [0.15, 0.2) is 0 Å². The summed E-state index contributed by atoms with van der Waals surface area (Å²) in [5.41, 5.74) is 2.43. The molecule has 0 aromatic carbocycles. The lowest BCUT2D eigenvalue weighted by atomic mass is 10.2. The molecule has 1 fully saturated rings. The van der Waals surface area contributed by atoms with Gasteiger partial charge in [0.25, 0.3) is 0 Å². The van der Waals surface area contributed by atoms with E-state index in [9.17, 15) is 0 Å². The topological polar surface area (TPSA) is 49.8 Å². The van der Waals surface area contributed by atoms with E-state index in [-0.39, 0.29) is 12.4 Å². The predicted octanol–water partition coefficient (Wildman–Crippen LogP) is 1.38. The minimum atomic E-state index is 0. The molecule has 2 heterocycles. The molecule has 3 rings (SSSR count). The monoisotopic (exact) mass is 226 g/mol. The number of hydrogen-bond donors (Lipinski definition) is 2. The van der Waals surface area contributed by atoms with Crippen LogP contribution < -0.4 is 10.6 Å². The fourth-order valence-electron chi connectivity index (χ4n) is 1.83. The number of nitrogens with zero attached hydrogens (tertiary/aromatic N) is 2. The second-order valence-electron chi connectivity index (χ2n) is 4.07. The summed E-state index contributed by atoms with van der Waals surface area (Å²) >= 11 is 0. The molecule has 2 aliphatic rings. The van der Waals surface area contributed by atoms with Crippen LogP contribution in [0.3, 0.4) is 0 Å². The molecule has 0 unspecified atom stereocenters. The first kappa shape index (κ1) is 10.6. The summed E-state index contributed by atoms with van der Waals surface area (Å²) in [5, 5.41) is 6.77. The second kappa shape index (κ2) is 3.94. The summed E-state index contributed by atoms with van der Waals surface area (Å²) in [6, 6.07) is 0.661. The van der Waals surface area contributed by atoms with E-state index in [1.807, 2.05) is 6.92 Å². The Hall–Kier alpha value is -0.870. The molecule has 0 spiro atoms. The van der Waals surface area contributed by atoms with E-state index in [2.05, 4.69) is 20.6 Å². The van der Waals surface area contributed by atoms with Crippen LogP contribution in [0.1, 0.15) is 29.9 Å². The van der Waals surface area contributed by atoms with Gasteiger partial charge < -0.3 is 10.6 Å². The van der Waals surface area contributed by atoms with Gasteiger partial charge in [0.2, 0.25) is 0 Å². The molecule has 0 saturated heterocycles. The van der Waals surface area contributed by atoms with Crippen molar-refractivity contribution in [1.82, 2.24) is 15.3 Å². The van der Waals surface area contributed by atoms with Gasteiger partial charge in [0, 0.05) is 24.7 Å². The molecule has 2 N–H and O–H groups in total. The Morgan fingerprint density at radius 3 is 2.80 bits per heavy atom. The van der Waals surface area contributed by atoms with Gasteiger partial charge in [-0.3, -0.25) is 0 Å². The van der Waals surface area contributed by atoms with Gasteiger partial charge in [-0.2, -0.15) is 0 Å². The maximum Gasteiger partial charge on any atom is 0.134 e. The molecule has 1 aromatic rings. The fraction of sp³-hybridized carbons (Fsp3) is 0.600. The molecule has 0 atom stereocenters. The van der Waals surface area contributed by atoms with Crippen molar-refractivity contribution in [3.63, 3.8) is 0 Å². The average molecular weight is 227 g/mol. The minimum Gasteiger partial charge on any atom is -0.367 e. The summed E-state index contributed by atoms with van der Waals surface area (Å²) in [6.07, 6.45) is 2.57. The fourth-order valence-corrected chi connectivity index (χ4v) is 1.83. The maximum absolute atomic E-state index is 4.46. The van der Waals surface area contributed by atoms with Crippen LogP contribution in [0.4, 0.5) is 5.82 Å². The molecule has 4 nitrogen and oxygen atoms in total. The van der Waals surface area contributed by atoms with Gasteiger partial charge in [0.05, 0.1) is 5.69 Å². The number of aromatic nitrogens is 2. The molecule has 1 saturated carbocycles. The Kier molecular flexibility index (Phi) is 2.80. The lowest BCUT2D eigenvalue weighted by Crippen LogP contribution is -2.09. The molecule has 1 aromatic heterocycles. The van der Waals surface area contributed by atoms with E-state index in [0.717, 1.165) is 24.7 Å². The Balaban J connectivity index is 0.000000853. The van der Waals surface area contributed by atoms with Crippen LogP contribution in [-0.4, -0.2) is 16.0 Å². The third-order valence-electron chi connectivity index (χ3n) is 2.72. The Labute approximate surface area is 95.3 Å². The van der Waals surface area contributed by atoms with Gasteiger partial charge >= 0.3 is 0 Å². The van der Waals surface area contributed by atoms with Crippen LogP contribution in [0, 0.1) is 6.92 Å². The van der Waals surface area contributed by atoms with Gasteiger partial charge in [-0.25, -0.2) is 9.97 Å². The van der Waals surface area contributed by atoms with E-state index >= 15 is 0 Å². The first-order valence-corrected chi connectivity index (χ1v) is 5.16. The number of aryl methyl sites for hydroxylation is 1. The van der Waals surface area contributed by atoms with E-state index in [4.69, 9.17) is 0 Å². The molecule has 1 aliphatic carbocycles. The standard InChI is InChI=1S/C10H14N4.ClH/c1-6-12-9-5-11-4-8(9)10(13-6)14-7-2-3-7;/h7,11H,2-5H2,1H3,(H,12,13,14);1H. The van der Waals surface area contributed by atoms with Crippen LogP contribution in [0.25, 0.3) is 0 Å².